The maximum Gasteiger partial charge on any atom is 0.338 e. The number of rotatable bonds is 7. The van der Waals surface area contributed by atoms with Gasteiger partial charge in [-0.05, 0) is 31.5 Å². The summed E-state index contributed by atoms with van der Waals surface area (Å²) in [4.78, 5) is 24.2. The number of nitrogens with one attached hydrogen (secondary N) is 2. The van der Waals surface area contributed by atoms with Crippen LogP contribution in [-0.4, -0.2) is 44.0 Å². The molecule has 0 saturated heterocycles. The molecule has 1 aromatic carbocycles. The predicted molar refractivity (Wildman–Crippen MR) is 89.3 cm³/mol. The first kappa shape index (κ1) is 18.6. The molecular weight excluding hydrogens is 328 g/mol. The Morgan fingerprint density at radius 2 is 2.08 bits per heavy atom. The highest BCUT2D eigenvalue weighted by Gasteiger charge is 2.32. The minimum absolute atomic E-state index is 0.121. The van der Waals surface area contributed by atoms with Crippen molar-refractivity contribution in [3.05, 3.63) is 35.0 Å². The van der Waals surface area contributed by atoms with E-state index in [0.29, 0.717) is 28.3 Å². The van der Waals surface area contributed by atoms with Gasteiger partial charge in [0.15, 0.2) is 11.5 Å². The Morgan fingerprint density at radius 3 is 2.72 bits per heavy atom. The maximum absolute atomic E-state index is 12.3. The first-order chi connectivity index (χ1) is 12.0. The van der Waals surface area contributed by atoms with E-state index in [1.54, 1.807) is 32.0 Å². The van der Waals surface area contributed by atoms with Crippen LogP contribution in [0.2, 0.25) is 0 Å². The Bertz CT molecular complexity index is 686. The minimum atomic E-state index is -0.673. The first-order valence-electron chi connectivity index (χ1n) is 7.88. The van der Waals surface area contributed by atoms with Crippen LogP contribution in [0.25, 0.3) is 0 Å². The van der Waals surface area contributed by atoms with E-state index in [1.807, 2.05) is 0 Å². The summed E-state index contributed by atoms with van der Waals surface area (Å²) in [7, 11) is 1.49. The Morgan fingerprint density at radius 1 is 1.32 bits per heavy atom. The van der Waals surface area contributed by atoms with Crippen LogP contribution in [0.15, 0.2) is 29.5 Å². The topological polar surface area (TPSA) is 106 Å². The highest BCUT2D eigenvalue weighted by atomic mass is 16.5. The van der Waals surface area contributed by atoms with Crippen molar-refractivity contribution in [3.63, 3.8) is 0 Å². The van der Waals surface area contributed by atoms with Gasteiger partial charge in [-0.15, -0.1) is 0 Å². The summed E-state index contributed by atoms with van der Waals surface area (Å²) in [5.74, 6) is 0.385. The number of urea groups is 1. The molecule has 136 valence electrons. The van der Waals surface area contributed by atoms with Crippen molar-refractivity contribution in [3.8, 4) is 11.5 Å². The quantitative estimate of drug-likeness (QED) is 0.639. The average molecular weight is 350 g/mol. The second-order valence-corrected chi connectivity index (χ2v) is 5.27. The standard InChI is InChI=1S/C17H22N2O6/c1-4-24-16(21)14-10(2)18-17(22)19-15(14)11-5-6-12(25-8-7-20)13(9-11)23-3/h5-6,9,15,20H,4,7-8H2,1-3H3,(H2,18,19,22)/t15-/m1/s1. The Labute approximate surface area is 145 Å². The van der Waals surface area contributed by atoms with Crippen molar-refractivity contribution in [1.82, 2.24) is 10.6 Å². The number of methoxy groups -OCH3 is 1. The van der Waals surface area contributed by atoms with Gasteiger partial charge in [0.2, 0.25) is 0 Å². The van der Waals surface area contributed by atoms with E-state index in [-0.39, 0.29) is 19.8 Å². The normalized spacial score (nSPS) is 16.8. The van der Waals surface area contributed by atoms with Crippen LogP contribution in [0.5, 0.6) is 11.5 Å². The number of amides is 2. The molecule has 1 heterocycles. The number of hydrogen-bond donors (Lipinski definition) is 3. The van der Waals surface area contributed by atoms with Crippen molar-refractivity contribution < 1.29 is 28.9 Å². The molecule has 1 aliphatic heterocycles. The Balaban J connectivity index is 2.41. The molecule has 0 unspecified atom stereocenters. The maximum atomic E-state index is 12.3. The number of allylic oxidation sites excluding steroid dienone is 1. The summed E-state index contributed by atoms with van der Waals surface area (Å²) in [6, 6.07) is 3.98. The van der Waals surface area contributed by atoms with Crippen molar-refractivity contribution in [1.29, 1.82) is 0 Å². The molecule has 8 heteroatoms. The molecule has 1 aromatic rings. The van der Waals surface area contributed by atoms with Crippen LogP contribution >= 0.6 is 0 Å². The molecule has 2 rings (SSSR count). The fraction of sp³-hybridized carbons (Fsp3) is 0.412. The molecule has 0 saturated carbocycles. The van der Waals surface area contributed by atoms with Gasteiger partial charge in [-0.1, -0.05) is 6.07 Å². The summed E-state index contributed by atoms with van der Waals surface area (Å²) in [6.07, 6.45) is 0. The molecule has 0 spiro atoms. The molecule has 25 heavy (non-hydrogen) atoms. The van der Waals surface area contributed by atoms with Crippen molar-refractivity contribution >= 4 is 12.0 Å². The van der Waals surface area contributed by atoms with Crippen molar-refractivity contribution in [2.75, 3.05) is 26.9 Å². The lowest BCUT2D eigenvalue weighted by atomic mass is 9.95. The monoisotopic (exact) mass is 350 g/mol. The van der Waals surface area contributed by atoms with Gasteiger partial charge in [0.25, 0.3) is 0 Å². The third-order valence-electron chi connectivity index (χ3n) is 3.63. The third kappa shape index (κ3) is 4.21. The van der Waals surface area contributed by atoms with Crippen LogP contribution in [0.4, 0.5) is 4.79 Å². The molecule has 2 amide bonds. The lowest BCUT2D eigenvalue weighted by Crippen LogP contribution is -2.45. The number of carbonyl (C=O) groups excluding carboxylic acids is 2. The fourth-order valence-corrected chi connectivity index (χ4v) is 2.56. The Kier molecular flexibility index (Phi) is 6.24. The van der Waals surface area contributed by atoms with Gasteiger partial charge >= 0.3 is 12.0 Å². The summed E-state index contributed by atoms with van der Waals surface area (Å²) < 4.78 is 15.8. The fourth-order valence-electron chi connectivity index (χ4n) is 2.56. The van der Waals surface area contributed by atoms with Gasteiger partial charge in [0.1, 0.15) is 6.61 Å². The zero-order valence-corrected chi connectivity index (χ0v) is 14.4. The largest absolute Gasteiger partial charge is 0.493 e. The van der Waals surface area contributed by atoms with E-state index < -0.39 is 18.0 Å². The van der Waals surface area contributed by atoms with Gasteiger partial charge in [-0.25, -0.2) is 9.59 Å². The number of aliphatic hydroxyl groups excluding tert-OH is 1. The molecular formula is C17H22N2O6. The molecule has 1 atom stereocenters. The second-order valence-electron chi connectivity index (χ2n) is 5.27. The predicted octanol–water partition coefficient (Wildman–Crippen LogP) is 1.26. The number of ether oxygens (including phenoxy) is 3. The summed E-state index contributed by atoms with van der Waals surface area (Å²) in [5.41, 5.74) is 1.41. The molecule has 3 N–H and O–H groups in total. The zero-order chi connectivity index (χ0) is 18.4. The van der Waals surface area contributed by atoms with Crippen molar-refractivity contribution in [2.45, 2.75) is 19.9 Å². The van der Waals surface area contributed by atoms with Gasteiger partial charge in [-0.3, -0.25) is 0 Å². The van der Waals surface area contributed by atoms with Gasteiger partial charge in [-0.2, -0.15) is 0 Å². The third-order valence-corrected chi connectivity index (χ3v) is 3.63. The van der Waals surface area contributed by atoms with E-state index in [4.69, 9.17) is 19.3 Å². The number of aliphatic hydroxyl groups is 1. The van der Waals surface area contributed by atoms with Crippen LogP contribution in [0.3, 0.4) is 0 Å². The molecule has 0 aromatic heterocycles. The van der Waals surface area contributed by atoms with Gasteiger partial charge in [0, 0.05) is 5.70 Å². The number of hydrogen-bond acceptors (Lipinski definition) is 6. The molecule has 0 fully saturated rings. The highest BCUT2D eigenvalue weighted by molar-refractivity contribution is 5.95. The number of esters is 1. The molecule has 1 aliphatic rings. The second kappa shape index (κ2) is 8.39. The summed E-state index contributed by atoms with van der Waals surface area (Å²) in [5, 5.41) is 14.2. The molecule has 8 nitrogen and oxygen atoms in total. The van der Waals surface area contributed by atoms with Crippen molar-refractivity contribution in [2.24, 2.45) is 0 Å². The van der Waals surface area contributed by atoms with Crippen LogP contribution in [0, 0.1) is 0 Å². The van der Waals surface area contributed by atoms with Crippen LogP contribution < -0.4 is 20.1 Å². The van der Waals surface area contributed by atoms with Crippen LogP contribution in [0.1, 0.15) is 25.5 Å². The number of benzene rings is 1. The van der Waals surface area contributed by atoms with E-state index in [0.717, 1.165) is 0 Å². The lowest BCUT2D eigenvalue weighted by molar-refractivity contribution is -0.139. The van der Waals surface area contributed by atoms with E-state index in [2.05, 4.69) is 10.6 Å². The zero-order valence-electron chi connectivity index (χ0n) is 14.4. The van der Waals surface area contributed by atoms with Gasteiger partial charge in [0.05, 0.1) is 31.9 Å². The van der Waals surface area contributed by atoms with Crippen LogP contribution in [-0.2, 0) is 9.53 Å². The SMILES string of the molecule is CCOC(=O)C1=C(C)NC(=O)N[C@@H]1c1ccc(OCCO)c(OC)c1. The molecule has 0 radical (unpaired) electrons. The number of carbonyl (C=O) groups is 2. The smallest absolute Gasteiger partial charge is 0.338 e. The van der Waals surface area contributed by atoms with E-state index in [9.17, 15) is 9.59 Å². The highest BCUT2D eigenvalue weighted by Crippen LogP contribution is 2.34. The summed E-state index contributed by atoms with van der Waals surface area (Å²) >= 11 is 0. The lowest BCUT2D eigenvalue weighted by Gasteiger charge is -2.28. The average Bonchev–Trinajstić information content (AvgIpc) is 2.59. The summed E-state index contributed by atoms with van der Waals surface area (Å²) in [6.45, 7) is 3.60. The Hall–Kier alpha value is -2.74. The van der Waals surface area contributed by atoms with E-state index >= 15 is 0 Å². The van der Waals surface area contributed by atoms with E-state index in [1.165, 1.54) is 7.11 Å². The first-order valence-corrected chi connectivity index (χ1v) is 7.88. The van der Waals surface area contributed by atoms with Gasteiger partial charge < -0.3 is 30.0 Å². The molecule has 0 bridgehead atoms. The minimum Gasteiger partial charge on any atom is -0.493 e. The molecule has 0 aliphatic carbocycles.